The number of benzene rings is 1. The number of rotatable bonds is 6. The van der Waals surface area contributed by atoms with Crippen molar-refractivity contribution >= 4 is 23.5 Å². The van der Waals surface area contributed by atoms with Gasteiger partial charge in [-0.2, -0.15) is 0 Å². The fourth-order valence-corrected chi connectivity index (χ4v) is 2.31. The topological polar surface area (TPSA) is 81.8 Å². The number of nitrogens with one attached hydrogen (secondary N) is 2. The van der Waals surface area contributed by atoms with Crippen LogP contribution in [0.5, 0.6) is 0 Å². The Balaban J connectivity index is 1.79. The lowest BCUT2D eigenvalue weighted by molar-refractivity contribution is -0.124. The number of aryl methyl sites for hydroxylation is 1. The molecule has 0 radical (unpaired) electrons. The molecule has 1 aliphatic carbocycles. The Labute approximate surface area is 142 Å². The van der Waals surface area contributed by atoms with Crippen LogP contribution in [0.4, 0.5) is 10.5 Å². The van der Waals surface area contributed by atoms with Crippen LogP contribution in [0.2, 0.25) is 0 Å². The molecule has 0 spiro atoms. The fraction of sp³-hybridized carbons (Fsp3) is 0.471. The predicted octanol–water partition coefficient (Wildman–Crippen LogP) is 1.20. The highest BCUT2D eigenvalue weighted by atomic mass is 16.2. The molecule has 0 bridgehead atoms. The van der Waals surface area contributed by atoms with E-state index in [-0.39, 0.29) is 37.0 Å². The summed E-state index contributed by atoms with van der Waals surface area (Å²) in [6, 6.07) is 7.38. The van der Waals surface area contributed by atoms with E-state index in [0.717, 1.165) is 18.4 Å². The van der Waals surface area contributed by atoms with Gasteiger partial charge in [0.25, 0.3) is 0 Å². The first-order valence-electron chi connectivity index (χ1n) is 7.98. The van der Waals surface area contributed by atoms with Crippen LogP contribution in [0.1, 0.15) is 18.4 Å². The molecule has 0 heterocycles. The first-order valence-corrected chi connectivity index (χ1v) is 7.98. The number of hydrogen-bond acceptors (Lipinski definition) is 3. The van der Waals surface area contributed by atoms with Gasteiger partial charge in [0.05, 0.1) is 6.54 Å². The minimum absolute atomic E-state index is 0.0284. The molecule has 0 aromatic heterocycles. The molecular formula is C17H24N4O3. The maximum absolute atomic E-state index is 12.1. The molecule has 4 amide bonds. The molecular weight excluding hydrogens is 308 g/mol. The summed E-state index contributed by atoms with van der Waals surface area (Å²) in [5.41, 5.74) is 1.73. The number of amides is 4. The molecule has 2 rings (SSSR count). The highest BCUT2D eigenvalue weighted by Gasteiger charge is 2.34. The molecule has 7 heteroatoms. The van der Waals surface area contributed by atoms with Gasteiger partial charge in [0.2, 0.25) is 11.8 Å². The molecule has 1 saturated carbocycles. The number of anilines is 1. The van der Waals surface area contributed by atoms with Crippen molar-refractivity contribution in [2.75, 3.05) is 32.5 Å². The van der Waals surface area contributed by atoms with Crippen molar-refractivity contribution in [3.8, 4) is 0 Å². The highest BCUT2D eigenvalue weighted by Crippen LogP contribution is 2.27. The molecule has 1 aromatic carbocycles. The van der Waals surface area contributed by atoms with Crippen molar-refractivity contribution in [1.82, 2.24) is 15.1 Å². The van der Waals surface area contributed by atoms with Gasteiger partial charge in [-0.3, -0.25) is 9.59 Å². The Morgan fingerprint density at radius 2 is 1.88 bits per heavy atom. The molecule has 1 aliphatic rings. The van der Waals surface area contributed by atoms with Crippen LogP contribution in [0.3, 0.4) is 0 Å². The van der Waals surface area contributed by atoms with E-state index in [2.05, 4.69) is 10.6 Å². The third kappa shape index (κ3) is 5.26. The summed E-state index contributed by atoms with van der Waals surface area (Å²) in [5, 5.41) is 5.29. The number of carbonyl (C=O) groups is 3. The zero-order valence-electron chi connectivity index (χ0n) is 14.3. The second kappa shape index (κ2) is 7.81. The molecule has 2 N–H and O–H groups in total. The van der Waals surface area contributed by atoms with E-state index in [4.69, 9.17) is 0 Å². The smallest absolute Gasteiger partial charge is 0.320 e. The maximum Gasteiger partial charge on any atom is 0.320 e. The van der Waals surface area contributed by atoms with Crippen LogP contribution in [-0.2, 0) is 9.59 Å². The third-order valence-electron chi connectivity index (χ3n) is 3.68. The lowest BCUT2D eigenvalue weighted by atomic mass is 10.2. The van der Waals surface area contributed by atoms with E-state index in [1.165, 1.54) is 4.90 Å². The van der Waals surface area contributed by atoms with Crippen molar-refractivity contribution in [3.63, 3.8) is 0 Å². The largest absolute Gasteiger partial charge is 0.345 e. The summed E-state index contributed by atoms with van der Waals surface area (Å²) >= 11 is 0. The average molecular weight is 332 g/mol. The minimum atomic E-state index is -0.337. The van der Waals surface area contributed by atoms with Crippen LogP contribution in [0.15, 0.2) is 24.3 Å². The number of nitrogens with zero attached hydrogens (tertiary/aromatic N) is 2. The van der Waals surface area contributed by atoms with Crippen LogP contribution < -0.4 is 10.6 Å². The van der Waals surface area contributed by atoms with Gasteiger partial charge in [-0.25, -0.2) is 4.79 Å². The highest BCUT2D eigenvalue weighted by molar-refractivity contribution is 5.95. The van der Waals surface area contributed by atoms with Crippen molar-refractivity contribution < 1.29 is 14.4 Å². The van der Waals surface area contributed by atoms with Gasteiger partial charge >= 0.3 is 6.03 Å². The van der Waals surface area contributed by atoms with Crippen molar-refractivity contribution in [3.05, 3.63) is 29.8 Å². The fourth-order valence-electron chi connectivity index (χ4n) is 2.31. The first kappa shape index (κ1) is 17.8. The van der Waals surface area contributed by atoms with Crippen LogP contribution in [0.25, 0.3) is 0 Å². The lowest BCUT2D eigenvalue weighted by Crippen LogP contribution is -2.47. The monoisotopic (exact) mass is 332 g/mol. The summed E-state index contributed by atoms with van der Waals surface area (Å²) < 4.78 is 0. The molecule has 1 aromatic rings. The Kier molecular flexibility index (Phi) is 5.78. The summed E-state index contributed by atoms with van der Waals surface area (Å²) in [6.45, 7) is 1.78. The summed E-state index contributed by atoms with van der Waals surface area (Å²) in [4.78, 5) is 39.0. The van der Waals surface area contributed by atoms with E-state index in [1.807, 2.05) is 25.1 Å². The maximum atomic E-state index is 12.1. The number of carbonyl (C=O) groups excluding carboxylic acids is 3. The molecule has 7 nitrogen and oxygen atoms in total. The van der Waals surface area contributed by atoms with Crippen molar-refractivity contribution in [1.29, 1.82) is 0 Å². The van der Waals surface area contributed by atoms with Gasteiger partial charge in [-0.1, -0.05) is 12.1 Å². The normalized spacial score (nSPS) is 13.1. The van der Waals surface area contributed by atoms with Crippen LogP contribution in [0, 0.1) is 6.92 Å². The summed E-state index contributed by atoms with van der Waals surface area (Å²) in [7, 11) is 3.32. The molecule has 0 saturated heterocycles. The van der Waals surface area contributed by atoms with Crippen LogP contribution >= 0.6 is 0 Å². The van der Waals surface area contributed by atoms with Crippen molar-refractivity contribution in [2.45, 2.75) is 25.8 Å². The first-order chi connectivity index (χ1) is 11.4. The van der Waals surface area contributed by atoms with E-state index in [0.29, 0.717) is 5.69 Å². The van der Waals surface area contributed by atoms with Gasteiger partial charge in [0, 0.05) is 25.8 Å². The van der Waals surface area contributed by atoms with E-state index >= 15 is 0 Å². The second-order valence-corrected chi connectivity index (χ2v) is 6.23. The average Bonchev–Trinajstić information content (AvgIpc) is 3.34. The Hall–Kier alpha value is -2.57. The Morgan fingerprint density at radius 3 is 2.46 bits per heavy atom. The predicted molar refractivity (Wildman–Crippen MR) is 91.6 cm³/mol. The van der Waals surface area contributed by atoms with E-state index < -0.39 is 0 Å². The molecule has 0 aliphatic heterocycles. The van der Waals surface area contributed by atoms with Gasteiger partial charge in [-0.05, 0) is 37.5 Å². The van der Waals surface area contributed by atoms with Gasteiger partial charge in [0.1, 0.15) is 6.54 Å². The van der Waals surface area contributed by atoms with Gasteiger partial charge in [0.15, 0.2) is 0 Å². The van der Waals surface area contributed by atoms with Gasteiger partial charge in [-0.15, -0.1) is 0 Å². The second-order valence-electron chi connectivity index (χ2n) is 6.23. The molecule has 0 atom stereocenters. The Morgan fingerprint density at radius 1 is 1.17 bits per heavy atom. The minimum Gasteiger partial charge on any atom is -0.345 e. The third-order valence-corrected chi connectivity index (χ3v) is 3.68. The summed E-state index contributed by atoms with van der Waals surface area (Å²) in [6.07, 6.45) is 1.83. The SMILES string of the molecule is Cc1cccc(NC(=O)CNC(=O)CN(C(=O)N(C)C)C2CC2)c1. The quantitative estimate of drug-likeness (QED) is 0.821. The Bertz CT molecular complexity index is 626. The molecule has 24 heavy (non-hydrogen) atoms. The van der Waals surface area contributed by atoms with Gasteiger partial charge < -0.3 is 20.4 Å². The molecule has 0 unspecified atom stereocenters. The van der Waals surface area contributed by atoms with E-state index in [1.54, 1.807) is 25.1 Å². The lowest BCUT2D eigenvalue weighted by Gasteiger charge is -2.25. The molecule has 130 valence electrons. The molecule has 1 fully saturated rings. The number of hydrogen-bond donors (Lipinski definition) is 2. The zero-order valence-corrected chi connectivity index (χ0v) is 14.3. The van der Waals surface area contributed by atoms with Crippen molar-refractivity contribution in [2.24, 2.45) is 0 Å². The standard InChI is InChI=1S/C17H24N4O3/c1-12-5-4-6-13(9-12)19-15(22)10-18-16(23)11-21(14-7-8-14)17(24)20(2)3/h4-6,9,14H,7-8,10-11H2,1-3H3,(H,18,23)(H,19,22). The summed E-state index contributed by atoms with van der Waals surface area (Å²) in [5.74, 6) is -0.637. The number of urea groups is 1. The van der Waals surface area contributed by atoms with E-state index in [9.17, 15) is 14.4 Å². The van der Waals surface area contributed by atoms with Crippen LogP contribution in [-0.4, -0.2) is 60.9 Å². The zero-order chi connectivity index (χ0) is 17.7.